The van der Waals surface area contributed by atoms with Crippen LogP contribution in [0.5, 0.6) is 11.5 Å². The lowest BCUT2D eigenvalue weighted by atomic mass is 10.0. The third-order valence-electron chi connectivity index (χ3n) is 2.11. The van der Waals surface area contributed by atoms with Crippen LogP contribution in [0.4, 0.5) is 0 Å². The fourth-order valence-electron chi connectivity index (χ4n) is 1.18. The van der Waals surface area contributed by atoms with Gasteiger partial charge in [-0.1, -0.05) is 6.07 Å². The van der Waals surface area contributed by atoms with Crippen LogP contribution in [0.3, 0.4) is 0 Å². The molecule has 0 saturated heterocycles. The van der Waals surface area contributed by atoms with Crippen LogP contribution in [-0.2, 0) is 0 Å². The molecule has 0 aliphatic rings. The molecule has 0 aromatic heterocycles. The SMILES string of the molecule is COc1cc([C@@H](N)[C@H](C)O)ccc1O.Cl. The lowest BCUT2D eigenvalue weighted by molar-refractivity contribution is 0.164. The van der Waals surface area contributed by atoms with Gasteiger partial charge in [0.1, 0.15) is 0 Å². The molecule has 0 bridgehead atoms. The number of hydrogen-bond acceptors (Lipinski definition) is 4. The Labute approximate surface area is 95.1 Å². The van der Waals surface area contributed by atoms with E-state index in [1.807, 2.05) is 0 Å². The number of nitrogens with two attached hydrogens (primary N) is 1. The maximum absolute atomic E-state index is 9.33. The molecule has 0 aliphatic heterocycles. The summed E-state index contributed by atoms with van der Waals surface area (Å²) in [5.74, 6) is 0.424. The number of hydrogen-bond donors (Lipinski definition) is 3. The zero-order chi connectivity index (χ0) is 10.7. The summed E-state index contributed by atoms with van der Waals surface area (Å²) in [5.41, 5.74) is 6.46. The second-order valence-corrected chi connectivity index (χ2v) is 3.20. The predicted octanol–water partition coefficient (Wildman–Crippen LogP) is 1.20. The maximum Gasteiger partial charge on any atom is 0.160 e. The molecule has 0 radical (unpaired) electrons. The Morgan fingerprint density at radius 3 is 2.47 bits per heavy atom. The fourth-order valence-corrected chi connectivity index (χ4v) is 1.18. The number of halogens is 1. The molecular weight excluding hydrogens is 218 g/mol. The molecule has 1 aromatic carbocycles. The van der Waals surface area contributed by atoms with Gasteiger partial charge in [0.2, 0.25) is 0 Å². The van der Waals surface area contributed by atoms with E-state index in [0.29, 0.717) is 5.75 Å². The minimum absolute atomic E-state index is 0. The zero-order valence-electron chi connectivity index (χ0n) is 8.68. The van der Waals surface area contributed by atoms with E-state index in [0.717, 1.165) is 5.56 Å². The first kappa shape index (κ1) is 14.0. The van der Waals surface area contributed by atoms with Gasteiger partial charge in [0.25, 0.3) is 0 Å². The Kier molecular flexibility index (Phi) is 5.43. The summed E-state index contributed by atoms with van der Waals surface area (Å²) < 4.78 is 4.93. The Bertz CT molecular complexity index is 318. The monoisotopic (exact) mass is 233 g/mol. The van der Waals surface area contributed by atoms with Crippen LogP contribution in [0, 0.1) is 0 Å². The molecule has 5 heteroatoms. The average Bonchev–Trinajstić information content (AvgIpc) is 2.17. The molecule has 2 atom stereocenters. The van der Waals surface area contributed by atoms with Gasteiger partial charge < -0.3 is 20.7 Å². The summed E-state index contributed by atoms with van der Waals surface area (Å²) >= 11 is 0. The van der Waals surface area contributed by atoms with E-state index < -0.39 is 12.1 Å². The molecule has 15 heavy (non-hydrogen) atoms. The van der Waals surface area contributed by atoms with Crippen molar-refractivity contribution >= 4 is 12.4 Å². The van der Waals surface area contributed by atoms with Crippen molar-refractivity contribution in [1.29, 1.82) is 0 Å². The van der Waals surface area contributed by atoms with Crippen LogP contribution < -0.4 is 10.5 Å². The van der Waals surface area contributed by atoms with Crippen LogP contribution >= 0.6 is 12.4 Å². The van der Waals surface area contributed by atoms with Crippen molar-refractivity contribution in [3.63, 3.8) is 0 Å². The highest BCUT2D eigenvalue weighted by Gasteiger charge is 2.13. The van der Waals surface area contributed by atoms with E-state index in [2.05, 4.69) is 0 Å². The number of aromatic hydroxyl groups is 1. The fraction of sp³-hybridized carbons (Fsp3) is 0.400. The van der Waals surface area contributed by atoms with Gasteiger partial charge in [-0.2, -0.15) is 0 Å². The molecule has 0 unspecified atom stereocenters. The average molecular weight is 234 g/mol. The van der Waals surface area contributed by atoms with Gasteiger partial charge >= 0.3 is 0 Å². The number of rotatable bonds is 3. The number of phenols is 1. The van der Waals surface area contributed by atoms with Crippen molar-refractivity contribution in [1.82, 2.24) is 0 Å². The topological polar surface area (TPSA) is 75.7 Å². The standard InChI is InChI=1S/C10H15NO3.ClH/c1-6(12)10(11)7-3-4-8(13)9(5-7)14-2;/h3-6,10,12-13H,11H2,1-2H3;1H/t6-,10-;/m0./s1. The van der Waals surface area contributed by atoms with Crippen LogP contribution in [0.25, 0.3) is 0 Å². The Hall–Kier alpha value is -0.970. The maximum atomic E-state index is 9.33. The van der Waals surface area contributed by atoms with Crippen LogP contribution in [0.15, 0.2) is 18.2 Å². The lowest BCUT2D eigenvalue weighted by Gasteiger charge is -2.16. The van der Waals surface area contributed by atoms with E-state index in [9.17, 15) is 10.2 Å². The van der Waals surface area contributed by atoms with Crippen LogP contribution in [0.2, 0.25) is 0 Å². The van der Waals surface area contributed by atoms with Crippen molar-refractivity contribution < 1.29 is 14.9 Å². The molecule has 4 nitrogen and oxygen atoms in total. The molecule has 0 aliphatic carbocycles. The quantitative estimate of drug-likeness (QED) is 0.734. The first-order valence-corrected chi connectivity index (χ1v) is 4.36. The lowest BCUT2D eigenvalue weighted by Crippen LogP contribution is -2.23. The number of aliphatic hydroxyl groups excluding tert-OH is 1. The molecule has 0 spiro atoms. The van der Waals surface area contributed by atoms with E-state index in [-0.39, 0.29) is 18.2 Å². The predicted molar refractivity (Wildman–Crippen MR) is 60.5 cm³/mol. The van der Waals surface area contributed by atoms with Gasteiger partial charge in [-0.15, -0.1) is 12.4 Å². The Balaban J connectivity index is 0.00000196. The molecule has 4 N–H and O–H groups in total. The summed E-state index contributed by atoms with van der Waals surface area (Å²) in [5, 5.41) is 18.6. The summed E-state index contributed by atoms with van der Waals surface area (Å²) in [7, 11) is 1.47. The number of aliphatic hydroxyl groups is 1. The highest BCUT2D eigenvalue weighted by atomic mass is 35.5. The van der Waals surface area contributed by atoms with Gasteiger partial charge in [0.15, 0.2) is 11.5 Å². The third kappa shape index (κ3) is 3.27. The van der Waals surface area contributed by atoms with Crippen LogP contribution in [0.1, 0.15) is 18.5 Å². The summed E-state index contributed by atoms with van der Waals surface area (Å²) in [6.07, 6.45) is -0.635. The van der Waals surface area contributed by atoms with Crippen molar-refractivity contribution in [3.8, 4) is 11.5 Å². The molecular formula is C10H16ClNO3. The summed E-state index contributed by atoms with van der Waals surface area (Å²) in [6, 6.07) is 4.31. The molecule has 86 valence electrons. The van der Waals surface area contributed by atoms with Gasteiger partial charge in [-0.05, 0) is 24.6 Å². The first-order valence-electron chi connectivity index (χ1n) is 4.36. The van der Waals surface area contributed by atoms with E-state index in [4.69, 9.17) is 10.5 Å². The van der Waals surface area contributed by atoms with Crippen molar-refractivity contribution in [2.45, 2.75) is 19.1 Å². The first-order chi connectivity index (χ1) is 6.56. The summed E-state index contributed by atoms with van der Waals surface area (Å²) in [6.45, 7) is 1.62. The van der Waals surface area contributed by atoms with E-state index >= 15 is 0 Å². The van der Waals surface area contributed by atoms with Crippen molar-refractivity contribution in [3.05, 3.63) is 23.8 Å². The molecule has 1 aromatic rings. The second-order valence-electron chi connectivity index (χ2n) is 3.20. The normalized spacial score (nSPS) is 13.9. The number of ether oxygens (including phenoxy) is 1. The number of methoxy groups -OCH3 is 1. The van der Waals surface area contributed by atoms with Gasteiger partial charge in [-0.25, -0.2) is 0 Å². The molecule has 1 rings (SSSR count). The van der Waals surface area contributed by atoms with Gasteiger partial charge in [0, 0.05) is 0 Å². The Morgan fingerprint density at radius 2 is 2.00 bits per heavy atom. The molecule has 0 amide bonds. The number of benzene rings is 1. The second kappa shape index (κ2) is 5.80. The van der Waals surface area contributed by atoms with Crippen molar-refractivity contribution in [2.75, 3.05) is 7.11 Å². The smallest absolute Gasteiger partial charge is 0.160 e. The van der Waals surface area contributed by atoms with Gasteiger partial charge in [0.05, 0.1) is 19.3 Å². The minimum atomic E-state index is -0.635. The van der Waals surface area contributed by atoms with E-state index in [1.165, 1.54) is 13.2 Å². The molecule has 0 heterocycles. The third-order valence-corrected chi connectivity index (χ3v) is 2.11. The zero-order valence-corrected chi connectivity index (χ0v) is 9.49. The highest BCUT2D eigenvalue weighted by molar-refractivity contribution is 5.85. The van der Waals surface area contributed by atoms with Crippen molar-refractivity contribution in [2.24, 2.45) is 5.73 Å². The Morgan fingerprint density at radius 1 is 1.40 bits per heavy atom. The van der Waals surface area contributed by atoms with E-state index in [1.54, 1.807) is 19.1 Å². The molecule has 0 fully saturated rings. The largest absolute Gasteiger partial charge is 0.504 e. The summed E-state index contributed by atoms with van der Waals surface area (Å²) in [4.78, 5) is 0. The van der Waals surface area contributed by atoms with Gasteiger partial charge in [-0.3, -0.25) is 0 Å². The number of phenolic OH excluding ortho intramolecular Hbond substituents is 1. The molecule has 0 saturated carbocycles. The minimum Gasteiger partial charge on any atom is -0.504 e. The highest BCUT2D eigenvalue weighted by Crippen LogP contribution is 2.28. The van der Waals surface area contributed by atoms with Crippen LogP contribution in [-0.4, -0.2) is 23.4 Å².